The van der Waals surface area contributed by atoms with Gasteiger partial charge in [-0.1, -0.05) is 6.08 Å². The van der Waals surface area contributed by atoms with Crippen LogP contribution in [-0.4, -0.2) is 35.6 Å². The van der Waals surface area contributed by atoms with E-state index in [9.17, 15) is 4.79 Å². The molecule has 0 amide bonds. The maximum Gasteiger partial charge on any atom is 0.306 e. The zero-order chi connectivity index (χ0) is 8.97. The van der Waals surface area contributed by atoms with Gasteiger partial charge in [0.25, 0.3) is 0 Å². The van der Waals surface area contributed by atoms with Crippen molar-refractivity contribution in [3.63, 3.8) is 0 Å². The van der Waals surface area contributed by atoms with Crippen LogP contribution in [-0.2, 0) is 4.79 Å². The van der Waals surface area contributed by atoms with Crippen molar-refractivity contribution in [3.05, 3.63) is 12.7 Å². The number of carboxylic acids is 1. The summed E-state index contributed by atoms with van der Waals surface area (Å²) in [5.41, 5.74) is 0. The topological polar surface area (TPSA) is 40.5 Å². The third kappa shape index (κ3) is 2.34. The predicted molar refractivity (Wildman–Crippen MR) is 47.0 cm³/mol. The van der Waals surface area contributed by atoms with E-state index in [1.54, 1.807) is 0 Å². The van der Waals surface area contributed by atoms with Crippen molar-refractivity contribution in [1.82, 2.24) is 4.90 Å². The first-order valence-corrected chi connectivity index (χ1v) is 4.30. The number of aliphatic carboxylic acids is 1. The molecule has 1 saturated heterocycles. The molecule has 0 aromatic carbocycles. The van der Waals surface area contributed by atoms with Crippen LogP contribution in [0.2, 0.25) is 0 Å². The highest BCUT2D eigenvalue weighted by Crippen LogP contribution is 2.16. The first-order valence-electron chi connectivity index (χ1n) is 4.30. The van der Waals surface area contributed by atoms with Crippen LogP contribution in [0.5, 0.6) is 0 Å². The standard InChI is InChI=1S/C9H15NO2/c1-2-5-10-6-3-8(4-7-10)9(11)12/h2,8H,1,3-7H2,(H,11,12). The molecule has 1 heterocycles. The van der Waals surface area contributed by atoms with Crippen LogP contribution in [0.4, 0.5) is 0 Å². The van der Waals surface area contributed by atoms with Crippen molar-refractivity contribution >= 4 is 5.97 Å². The molecule has 0 aromatic heterocycles. The normalized spacial score (nSPS) is 20.7. The second kappa shape index (κ2) is 4.26. The average molecular weight is 169 g/mol. The second-order valence-electron chi connectivity index (χ2n) is 3.20. The Morgan fingerprint density at radius 1 is 1.58 bits per heavy atom. The van der Waals surface area contributed by atoms with E-state index < -0.39 is 5.97 Å². The lowest BCUT2D eigenvalue weighted by molar-refractivity contribution is -0.143. The Hall–Kier alpha value is -0.830. The molecule has 0 spiro atoms. The van der Waals surface area contributed by atoms with Crippen LogP contribution in [0.3, 0.4) is 0 Å². The summed E-state index contributed by atoms with van der Waals surface area (Å²) in [6, 6.07) is 0. The molecule has 1 aliphatic heterocycles. The van der Waals surface area contributed by atoms with Crippen LogP contribution >= 0.6 is 0 Å². The molecule has 1 fully saturated rings. The van der Waals surface area contributed by atoms with E-state index in [-0.39, 0.29) is 5.92 Å². The van der Waals surface area contributed by atoms with Gasteiger partial charge in [-0.25, -0.2) is 0 Å². The number of hydrogen-bond acceptors (Lipinski definition) is 2. The molecule has 12 heavy (non-hydrogen) atoms. The number of rotatable bonds is 3. The molecular formula is C9H15NO2. The van der Waals surface area contributed by atoms with Crippen LogP contribution in [0.15, 0.2) is 12.7 Å². The average Bonchev–Trinajstić information content (AvgIpc) is 2.06. The summed E-state index contributed by atoms with van der Waals surface area (Å²) in [6.45, 7) is 6.32. The molecule has 68 valence electrons. The maximum atomic E-state index is 10.6. The van der Waals surface area contributed by atoms with E-state index in [4.69, 9.17) is 5.11 Å². The molecule has 1 rings (SSSR count). The maximum absolute atomic E-state index is 10.6. The third-order valence-corrected chi connectivity index (χ3v) is 2.32. The van der Waals surface area contributed by atoms with Crippen molar-refractivity contribution in [2.75, 3.05) is 19.6 Å². The van der Waals surface area contributed by atoms with Crippen LogP contribution < -0.4 is 0 Å². The monoisotopic (exact) mass is 169 g/mol. The number of likely N-dealkylation sites (tertiary alicyclic amines) is 1. The third-order valence-electron chi connectivity index (χ3n) is 2.32. The molecule has 1 N–H and O–H groups in total. The number of carboxylic acid groups (broad SMARTS) is 1. The first-order chi connectivity index (χ1) is 5.74. The van der Waals surface area contributed by atoms with Gasteiger partial charge in [0.05, 0.1) is 5.92 Å². The molecule has 1 aliphatic rings. The quantitative estimate of drug-likeness (QED) is 0.640. The first kappa shape index (κ1) is 9.26. The van der Waals surface area contributed by atoms with Gasteiger partial charge in [-0.2, -0.15) is 0 Å². The zero-order valence-electron chi connectivity index (χ0n) is 7.20. The Labute approximate surface area is 72.7 Å². The molecule has 3 heteroatoms. The minimum absolute atomic E-state index is 0.119. The minimum Gasteiger partial charge on any atom is -0.481 e. The fourth-order valence-electron chi connectivity index (χ4n) is 1.55. The Balaban J connectivity index is 2.29. The Morgan fingerprint density at radius 3 is 2.58 bits per heavy atom. The fourth-order valence-corrected chi connectivity index (χ4v) is 1.55. The lowest BCUT2D eigenvalue weighted by Crippen LogP contribution is -2.36. The van der Waals surface area contributed by atoms with E-state index in [1.165, 1.54) is 0 Å². The lowest BCUT2D eigenvalue weighted by atomic mass is 9.97. The van der Waals surface area contributed by atoms with Gasteiger partial charge in [0.2, 0.25) is 0 Å². The van der Waals surface area contributed by atoms with Gasteiger partial charge in [-0.3, -0.25) is 9.69 Å². The van der Waals surface area contributed by atoms with Crippen LogP contribution in [0.1, 0.15) is 12.8 Å². The van der Waals surface area contributed by atoms with Gasteiger partial charge in [0.15, 0.2) is 0 Å². The van der Waals surface area contributed by atoms with Gasteiger partial charge >= 0.3 is 5.97 Å². The molecule has 0 radical (unpaired) electrons. The van der Waals surface area contributed by atoms with Gasteiger partial charge < -0.3 is 5.11 Å². The lowest BCUT2D eigenvalue weighted by Gasteiger charge is -2.28. The Kier molecular flexibility index (Phi) is 3.29. The molecule has 3 nitrogen and oxygen atoms in total. The number of hydrogen-bond donors (Lipinski definition) is 1. The van der Waals surface area contributed by atoms with Gasteiger partial charge in [0.1, 0.15) is 0 Å². The largest absolute Gasteiger partial charge is 0.481 e. The van der Waals surface area contributed by atoms with E-state index in [0.29, 0.717) is 0 Å². The summed E-state index contributed by atoms with van der Waals surface area (Å²) in [4.78, 5) is 12.8. The summed E-state index contributed by atoms with van der Waals surface area (Å²) in [6.07, 6.45) is 3.42. The van der Waals surface area contributed by atoms with Crippen molar-refractivity contribution in [2.45, 2.75) is 12.8 Å². The summed E-state index contributed by atoms with van der Waals surface area (Å²) >= 11 is 0. The SMILES string of the molecule is C=CCN1CCC(C(=O)O)CC1. The number of carbonyl (C=O) groups is 1. The molecule has 0 atom stereocenters. The van der Waals surface area contributed by atoms with Crippen molar-refractivity contribution in [2.24, 2.45) is 5.92 Å². The van der Waals surface area contributed by atoms with Crippen LogP contribution in [0, 0.1) is 5.92 Å². The highest BCUT2D eigenvalue weighted by Gasteiger charge is 2.23. The van der Waals surface area contributed by atoms with Gasteiger partial charge in [0, 0.05) is 6.54 Å². The molecular weight excluding hydrogens is 154 g/mol. The number of nitrogens with zero attached hydrogens (tertiary/aromatic N) is 1. The molecule has 0 unspecified atom stereocenters. The summed E-state index contributed by atoms with van der Waals surface area (Å²) in [7, 11) is 0. The van der Waals surface area contributed by atoms with Crippen molar-refractivity contribution < 1.29 is 9.90 Å². The van der Waals surface area contributed by atoms with Gasteiger partial charge in [-0.15, -0.1) is 6.58 Å². The molecule has 0 aromatic rings. The Morgan fingerprint density at radius 2 is 2.17 bits per heavy atom. The number of piperidine rings is 1. The summed E-state index contributed by atoms with van der Waals surface area (Å²) in [5.74, 6) is -0.765. The fraction of sp³-hybridized carbons (Fsp3) is 0.667. The smallest absolute Gasteiger partial charge is 0.306 e. The van der Waals surface area contributed by atoms with E-state index in [2.05, 4.69) is 11.5 Å². The summed E-state index contributed by atoms with van der Waals surface area (Å²) in [5, 5.41) is 8.72. The zero-order valence-corrected chi connectivity index (χ0v) is 7.20. The Bertz CT molecular complexity index is 171. The second-order valence-corrected chi connectivity index (χ2v) is 3.20. The van der Waals surface area contributed by atoms with E-state index in [1.807, 2.05) is 6.08 Å². The minimum atomic E-state index is -0.645. The van der Waals surface area contributed by atoms with Crippen molar-refractivity contribution in [3.8, 4) is 0 Å². The molecule has 0 aliphatic carbocycles. The highest BCUT2D eigenvalue weighted by molar-refractivity contribution is 5.70. The van der Waals surface area contributed by atoms with Crippen molar-refractivity contribution in [1.29, 1.82) is 0 Å². The van der Waals surface area contributed by atoms with E-state index in [0.717, 1.165) is 32.5 Å². The molecule has 0 saturated carbocycles. The van der Waals surface area contributed by atoms with Crippen LogP contribution in [0.25, 0.3) is 0 Å². The highest BCUT2D eigenvalue weighted by atomic mass is 16.4. The van der Waals surface area contributed by atoms with Gasteiger partial charge in [-0.05, 0) is 25.9 Å². The molecule has 0 bridgehead atoms. The predicted octanol–water partition coefficient (Wildman–Crippen LogP) is 0.969. The summed E-state index contributed by atoms with van der Waals surface area (Å²) < 4.78 is 0. The van der Waals surface area contributed by atoms with E-state index >= 15 is 0 Å².